The molecule has 22 heavy (non-hydrogen) atoms. The van der Waals surface area contributed by atoms with Gasteiger partial charge in [-0.15, -0.1) is 0 Å². The first-order valence-electron chi connectivity index (χ1n) is 5.90. The van der Waals surface area contributed by atoms with E-state index in [1.54, 1.807) is 0 Å². The average Bonchev–Trinajstić information content (AvgIpc) is 2.93. The van der Waals surface area contributed by atoms with Crippen LogP contribution in [0.15, 0.2) is 41.8 Å². The molecule has 0 aliphatic rings. The second-order valence-electron chi connectivity index (χ2n) is 4.25. The molecule has 0 aliphatic carbocycles. The van der Waals surface area contributed by atoms with Crippen molar-refractivity contribution < 1.29 is 22.9 Å². The van der Waals surface area contributed by atoms with E-state index in [1.807, 2.05) is 0 Å². The maximum atomic E-state index is 12.6. The maximum absolute atomic E-state index is 12.6. The topological polar surface area (TPSA) is 60.2 Å². The molecule has 1 aromatic carbocycles. The molecule has 0 saturated heterocycles. The molecule has 114 valence electrons. The molecule has 1 heterocycles. The fourth-order valence-corrected chi connectivity index (χ4v) is 2.33. The molecule has 0 atom stereocenters. The monoisotopic (exact) mass is 327 g/mol. The quantitative estimate of drug-likeness (QED) is 0.358. The molecule has 0 saturated carbocycles. The number of allylic oxidation sites excluding steroid dienone is 1. The number of hydrogen-bond acceptors (Lipinski definition) is 4. The number of nitro groups is 1. The minimum absolute atomic E-state index is 0.0776. The number of nitrogens with zero attached hydrogens (tertiary/aromatic N) is 1. The smallest absolute Gasteiger partial charge is 0.289 e. The van der Waals surface area contributed by atoms with E-state index in [9.17, 15) is 28.1 Å². The molecule has 0 radical (unpaired) electrons. The summed E-state index contributed by atoms with van der Waals surface area (Å²) in [7, 11) is 0. The van der Waals surface area contributed by atoms with Gasteiger partial charge in [-0.3, -0.25) is 14.9 Å². The van der Waals surface area contributed by atoms with E-state index in [2.05, 4.69) is 0 Å². The van der Waals surface area contributed by atoms with Gasteiger partial charge in [-0.2, -0.15) is 13.2 Å². The van der Waals surface area contributed by atoms with Crippen LogP contribution in [0.3, 0.4) is 0 Å². The first kappa shape index (κ1) is 15.9. The van der Waals surface area contributed by atoms with E-state index < -0.39 is 22.4 Å². The van der Waals surface area contributed by atoms with Crippen molar-refractivity contribution in [1.29, 1.82) is 0 Å². The van der Waals surface area contributed by atoms with E-state index in [-0.39, 0.29) is 10.6 Å². The number of benzene rings is 1. The largest absolute Gasteiger partial charge is 0.416 e. The summed E-state index contributed by atoms with van der Waals surface area (Å²) in [6, 6.07) is 5.35. The van der Waals surface area contributed by atoms with Crippen molar-refractivity contribution in [2.24, 2.45) is 0 Å². The Morgan fingerprint density at radius 2 is 2.00 bits per heavy atom. The van der Waals surface area contributed by atoms with Gasteiger partial charge in [0.05, 0.1) is 10.5 Å². The van der Waals surface area contributed by atoms with Crippen molar-refractivity contribution in [3.8, 4) is 0 Å². The fraction of sp³-hybridized carbons (Fsp3) is 0.0714. The Balaban J connectivity index is 2.18. The highest BCUT2D eigenvalue weighted by atomic mass is 32.1. The van der Waals surface area contributed by atoms with Gasteiger partial charge in [0, 0.05) is 17.0 Å². The number of rotatable bonds is 4. The SMILES string of the molecule is O=C(/C=C\c1csc([N+](=O)[O-])c1)c1cccc(C(F)(F)F)c1. The van der Waals surface area contributed by atoms with Crippen molar-refractivity contribution in [3.63, 3.8) is 0 Å². The number of hydrogen-bond donors (Lipinski definition) is 0. The van der Waals surface area contributed by atoms with Crippen LogP contribution in [-0.4, -0.2) is 10.7 Å². The third-order valence-electron chi connectivity index (χ3n) is 2.69. The minimum Gasteiger partial charge on any atom is -0.289 e. The molecule has 0 unspecified atom stereocenters. The Bertz CT molecular complexity index is 750. The lowest BCUT2D eigenvalue weighted by Crippen LogP contribution is -2.06. The van der Waals surface area contributed by atoms with Gasteiger partial charge in [0.25, 0.3) is 0 Å². The highest BCUT2D eigenvalue weighted by Gasteiger charge is 2.30. The Labute approximate surface area is 126 Å². The number of alkyl halides is 3. The van der Waals surface area contributed by atoms with Crippen LogP contribution >= 0.6 is 11.3 Å². The molecule has 0 bridgehead atoms. The van der Waals surface area contributed by atoms with E-state index in [4.69, 9.17) is 0 Å². The lowest BCUT2D eigenvalue weighted by atomic mass is 10.1. The first-order chi connectivity index (χ1) is 10.3. The van der Waals surface area contributed by atoms with Gasteiger partial charge in [-0.1, -0.05) is 23.5 Å². The number of ketones is 1. The van der Waals surface area contributed by atoms with Crippen molar-refractivity contribution in [1.82, 2.24) is 0 Å². The summed E-state index contributed by atoms with van der Waals surface area (Å²) < 4.78 is 37.7. The van der Waals surface area contributed by atoms with Crippen LogP contribution in [0.25, 0.3) is 6.08 Å². The fourth-order valence-electron chi connectivity index (χ4n) is 1.64. The zero-order chi connectivity index (χ0) is 16.3. The Kier molecular flexibility index (Phi) is 4.41. The number of carbonyl (C=O) groups excluding carboxylic acids is 1. The second-order valence-corrected chi connectivity index (χ2v) is 5.14. The molecule has 2 aromatic rings. The highest BCUT2D eigenvalue weighted by molar-refractivity contribution is 7.13. The number of thiophene rings is 1. The van der Waals surface area contributed by atoms with Crippen LogP contribution < -0.4 is 0 Å². The summed E-state index contributed by atoms with van der Waals surface area (Å²) in [5.74, 6) is -0.611. The highest BCUT2D eigenvalue weighted by Crippen LogP contribution is 2.29. The minimum atomic E-state index is -4.52. The zero-order valence-electron chi connectivity index (χ0n) is 10.8. The third kappa shape index (κ3) is 3.79. The third-order valence-corrected chi connectivity index (χ3v) is 3.59. The summed E-state index contributed by atoms with van der Waals surface area (Å²) in [6.45, 7) is 0. The summed E-state index contributed by atoms with van der Waals surface area (Å²) in [5.41, 5.74) is -0.564. The molecule has 0 fully saturated rings. The van der Waals surface area contributed by atoms with E-state index in [0.717, 1.165) is 35.6 Å². The van der Waals surface area contributed by atoms with Crippen LogP contribution in [0.4, 0.5) is 18.2 Å². The van der Waals surface area contributed by atoms with Gasteiger partial charge in [0.1, 0.15) is 0 Å². The Morgan fingerprint density at radius 3 is 2.59 bits per heavy atom. The van der Waals surface area contributed by atoms with Crippen LogP contribution in [0.5, 0.6) is 0 Å². The van der Waals surface area contributed by atoms with Crippen LogP contribution in [0, 0.1) is 10.1 Å². The molecule has 2 rings (SSSR count). The molecule has 1 aromatic heterocycles. The molecule has 0 spiro atoms. The number of carbonyl (C=O) groups is 1. The van der Waals surface area contributed by atoms with Gasteiger partial charge in [-0.25, -0.2) is 0 Å². The first-order valence-corrected chi connectivity index (χ1v) is 6.78. The zero-order valence-corrected chi connectivity index (χ0v) is 11.6. The molecule has 4 nitrogen and oxygen atoms in total. The number of halogens is 3. The predicted octanol–water partition coefficient (Wildman–Crippen LogP) is 4.57. The molecule has 0 N–H and O–H groups in total. The second kappa shape index (κ2) is 6.10. The standard InChI is InChI=1S/C14H8F3NO3S/c15-14(16,17)11-3-1-2-10(7-11)12(19)5-4-9-6-13(18(20)21)22-8-9/h1-8H/b5-4-. The van der Waals surface area contributed by atoms with Gasteiger partial charge in [-0.05, 0) is 29.8 Å². The van der Waals surface area contributed by atoms with Gasteiger partial charge in [0.15, 0.2) is 5.78 Å². The molecular weight excluding hydrogens is 319 g/mol. The molecule has 8 heteroatoms. The van der Waals surface area contributed by atoms with Crippen molar-refractivity contribution >= 4 is 28.2 Å². The summed E-state index contributed by atoms with van der Waals surface area (Å²) in [5, 5.41) is 11.9. The summed E-state index contributed by atoms with van der Waals surface area (Å²) in [4.78, 5) is 21.8. The molecular formula is C14H8F3NO3S. The lowest BCUT2D eigenvalue weighted by molar-refractivity contribution is -0.380. The molecule has 0 amide bonds. The van der Waals surface area contributed by atoms with Crippen LogP contribution in [0.1, 0.15) is 21.5 Å². The Hall–Kier alpha value is -2.48. The lowest BCUT2D eigenvalue weighted by Gasteiger charge is -2.06. The maximum Gasteiger partial charge on any atom is 0.416 e. The summed E-state index contributed by atoms with van der Waals surface area (Å²) >= 11 is 0.901. The van der Waals surface area contributed by atoms with E-state index in [1.165, 1.54) is 23.6 Å². The Morgan fingerprint density at radius 1 is 1.27 bits per heavy atom. The van der Waals surface area contributed by atoms with Crippen molar-refractivity contribution in [2.75, 3.05) is 0 Å². The predicted molar refractivity (Wildman–Crippen MR) is 75.8 cm³/mol. The van der Waals surface area contributed by atoms with Gasteiger partial charge in [0.2, 0.25) is 0 Å². The van der Waals surface area contributed by atoms with Gasteiger partial charge < -0.3 is 0 Å². The van der Waals surface area contributed by atoms with E-state index >= 15 is 0 Å². The molecule has 0 aliphatic heterocycles. The van der Waals surface area contributed by atoms with Crippen molar-refractivity contribution in [3.05, 3.63) is 68.6 Å². The van der Waals surface area contributed by atoms with E-state index in [0.29, 0.717) is 5.56 Å². The average molecular weight is 327 g/mol. The normalized spacial score (nSPS) is 11.8. The van der Waals surface area contributed by atoms with Crippen LogP contribution in [-0.2, 0) is 6.18 Å². The van der Waals surface area contributed by atoms with Crippen LogP contribution in [0.2, 0.25) is 0 Å². The van der Waals surface area contributed by atoms with Gasteiger partial charge >= 0.3 is 11.2 Å². The summed E-state index contributed by atoms with van der Waals surface area (Å²) in [6.07, 6.45) is -2.11. The van der Waals surface area contributed by atoms with Crippen molar-refractivity contribution in [2.45, 2.75) is 6.18 Å².